The smallest absolute Gasteiger partial charge is 0.0719 e. The van der Waals surface area contributed by atoms with E-state index in [0.29, 0.717) is 12.5 Å². The highest BCUT2D eigenvalue weighted by molar-refractivity contribution is 5.14. The van der Waals surface area contributed by atoms with E-state index in [4.69, 9.17) is 4.74 Å². The predicted octanol–water partition coefficient (Wildman–Crippen LogP) is 2.73. The van der Waals surface area contributed by atoms with Crippen LogP contribution in [0.15, 0.2) is 30.3 Å². The molecule has 1 N–H and O–H groups in total. The van der Waals surface area contributed by atoms with Gasteiger partial charge in [0.1, 0.15) is 0 Å². The minimum Gasteiger partial charge on any atom is -0.389 e. The number of rotatable bonds is 7. The summed E-state index contributed by atoms with van der Waals surface area (Å²) >= 11 is 0. The molecule has 1 heterocycles. The molecule has 3 nitrogen and oxygen atoms in total. The molecule has 1 aromatic carbocycles. The SMILES string of the molecule is COCC[C@@]1(O)CCN(CCCc2ccccc2)C[C@@H]1C. The van der Waals surface area contributed by atoms with Gasteiger partial charge in [0.25, 0.3) is 0 Å². The van der Waals surface area contributed by atoms with Crippen LogP contribution in [-0.4, -0.2) is 49.0 Å². The monoisotopic (exact) mass is 291 g/mol. The van der Waals surface area contributed by atoms with Crippen molar-refractivity contribution in [2.45, 2.75) is 38.2 Å². The topological polar surface area (TPSA) is 32.7 Å². The predicted molar refractivity (Wildman–Crippen MR) is 86.4 cm³/mol. The van der Waals surface area contributed by atoms with Gasteiger partial charge in [-0.2, -0.15) is 0 Å². The third-order valence-electron chi connectivity index (χ3n) is 4.83. The maximum absolute atomic E-state index is 10.7. The molecule has 0 aliphatic carbocycles. The molecular formula is C18H29NO2. The molecule has 1 aromatic rings. The molecule has 2 atom stereocenters. The fourth-order valence-corrected chi connectivity index (χ4v) is 3.25. The van der Waals surface area contributed by atoms with Gasteiger partial charge in [-0.3, -0.25) is 0 Å². The number of ether oxygens (including phenoxy) is 1. The third kappa shape index (κ3) is 4.80. The summed E-state index contributed by atoms with van der Waals surface area (Å²) in [6.07, 6.45) is 3.94. The van der Waals surface area contributed by atoms with Crippen molar-refractivity contribution >= 4 is 0 Å². The summed E-state index contributed by atoms with van der Waals surface area (Å²) in [6, 6.07) is 10.7. The first-order valence-corrected chi connectivity index (χ1v) is 8.11. The van der Waals surface area contributed by atoms with Gasteiger partial charge in [-0.05, 0) is 43.7 Å². The number of benzene rings is 1. The zero-order valence-corrected chi connectivity index (χ0v) is 13.4. The largest absolute Gasteiger partial charge is 0.389 e. The van der Waals surface area contributed by atoms with Crippen LogP contribution >= 0.6 is 0 Å². The second-order valence-electron chi connectivity index (χ2n) is 6.39. The zero-order chi connectivity index (χ0) is 15.1. The van der Waals surface area contributed by atoms with Gasteiger partial charge >= 0.3 is 0 Å². The molecule has 1 aliphatic heterocycles. The van der Waals surface area contributed by atoms with Crippen molar-refractivity contribution in [2.75, 3.05) is 33.4 Å². The van der Waals surface area contributed by atoms with Gasteiger partial charge in [-0.25, -0.2) is 0 Å². The number of aryl methyl sites for hydroxylation is 1. The molecule has 118 valence electrons. The van der Waals surface area contributed by atoms with Gasteiger partial charge in [0.05, 0.1) is 5.60 Å². The van der Waals surface area contributed by atoms with Crippen molar-refractivity contribution < 1.29 is 9.84 Å². The van der Waals surface area contributed by atoms with Crippen LogP contribution in [0.2, 0.25) is 0 Å². The molecule has 1 fully saturated rings. The van der Waals surface area contributed by atoms with Crippen LogP contribution in [0.3, 0.4) is 0 Å². The van der Waals surface area contributed by atoms with Gasteiger partial charge in [0.2, 0.25) is 0 Å². The molecule has 0 aromatic heterocycles. The Balaban J connectivity index is 1.72. The first-order chi connectivity index (χ1) is 10.1. The van der Waals surface area contributed by atoms with E-state index in [9.17, 15) is 5.11 Å². The second kappa shape index (κ2) is 7.92. The van der Waals surface area contributed by atoms with E-state index in [1.807, 2.05) is 0 Å². The Morgan fingerprint density at radius 1 is 1.33 bits per heavy atom. The highest BCUT2D eigenvalue weighted by atomic mass is 16.5. The first kappa shape index (κ1) is 16.5. The highest BCUT2D eigenvalue weighted by Crippen LogP contribution is 2.31. The Bertz CT molecular complexity index is 409. The van der Waals surface area contributed by atoms with E-state index in [0.717, 1.165) is 38.9 Å². The fourth-order valence-electron chi connectivity index (χ4n) is 3.25. The summed E-state index contributed by atoms with van der Waals surface area (Å²) in [4.78, 5) is 2.49. The Morgan fingerprint density at radius 2 is 2.10 bits per heavy atom. The molecule has 21 heavy (non-hydrogen) atoms. The number of likely N-dealkylation sites (tertiary alicyclic amines) is 1. The molecule has 0 bridgehead atoms. The lowest BCUT2D eigenvalue weighted by Crippen LogP contribution is -2.51. The lowest BCUT2D eigenvalue weighted by Gasteiger charge is -2.43. The molecule has 3 heteroatoms. The summed E-state index contributed by atoms with van der Waals surface area (Å²) in [5.74, 6) is 0.318. The molecule has 0 unspecified atom stereocenters. The maximum atomic E-state index is 10.7. The van der Waals surface area contributed by atoms with E-state index in [1.165, 1.54) is 12.0 Å². The van der Waals surface area contributed by atoms with Gasteiger partial charge in [-0.1, -0.05) is 37.3 Å². The molecular weight excluding hydrogens is 262 g/mol. The number of aliphatic hydroxyl groups is 1. The van der Waals surface area contributed by atoms with Crippen LogP contribution in [0, 0.1) is 5.92 Å². The maximum Gasteiger partial charge on any atom is 0.0719 e. The summed E-state index contributed by atoms with van der Waals surface area (Å²) in [7, 11) is 1.70. The number of nitrogens with zero attached hydrogens (tertiary/aromatic N) is 1. The van der Waals surface area contributed by atoms with E-state index in [1.54, 1.807) is 7.11 Å². The lowest BCUT2D eigenvalue weighted by atomic mass is 9.80. The lowest BCUT2D eigenvalue weighted by molar-refractivity contribution is -0.0812. The van der Waals surface area contributed by atoms with Crippen molar-refractivity contribution in [3.63, 3.8) is 0 Å². The van der Waals surface area contributed by atoms with Crippen LogP contribution in [0.4, 0.5) is 0 Å². The Morgan fingerprint density at radius 3 is 2.76 bits per heavy atom. The Labute approximate surface area is 128 Å². The average Bonchev–Trinajstić information content (AvgIpc) is 2.50. The third-order valence-corrected chi connectivity index (χ3v) is 4.83. The van der Waals surface area contributed by atoms with Crippen molar-refractivity contribution in [1.29, 1.82) is 0 Å². The molecule has 1 aliphatic rings. The standard InChI is InChI=1S/C18H29NO2/c1-16-15-19(13-10-18(16,20)11-14-21-2)12-6-9-17-7-4-3-5-8-17/h3-5,7-8,16,20H,6,9-15H2,1-2H3/t16-,18-/m0/s1. The van der Waals surface area contributed by atoms with Crippen molar-refractivity contribution in [3.8, 4) is 0 Å². The molecule has 0 saturated carbocycles. The number of hydrogen-bond acceptors (Lipinski definition) is 3. The highest BCUT2D eigenvalue weighted by Gasteiger charge is 2.38. The van der Waals surface area contributed by atoms with Gasteiger partial charge in [0.15, 0.2) is 0 Å². The normalized spacial score (nSPS) is 26.9. The quantitative estimate of drug-likeness (QED) is 0.838. The van der Waals surface area contributed by atoms with E-state index < -0.39 is 5.60 Å². The minimum absolute atomic E-state index is 0.318. The van der Waals surface area contributed by atoms with Crippen LogP contribution < -0.4 is 0 Å². The fraction of sp³-hybridized carbons (Fsp3) is 0.667. The van der Waals surface area contributed by atoms with Crippen molar-refractivity contribution in [3.05, 3.63) is 35.9 Å². The summed E-state index contributed by atoms with van der Waals surface area (Å²) in [6.45, 7) is 5.93. The van der Waals surface area contributed by atoms with E-state index in [-0.39, 0.29) is 0 Å². The van der Waals surface area contributed by atoms with Crippen LogP contribution in [0.1, 0.15) is 31.7 Å². The van der Waals surface area contributed by atoms with Gasteiger partial charge in [-0.15, -0.1) is 0 Å². The Hall–Kier alpha value is -0.900. The summed E-state index contributed by atoms with van der Waals surface area (Å²) in [5.41, 5.74) is 0.880. The second-order valence-corrected chi connectivity index (χ2v) is 6.39. The number of methoxy groups -OCH3 is 1. The average molecular weight is 291 g/mol. The van der Waals surface area contributed by atoms with Crippen molar-refractivity contribution in [2.24, 2.45) is 5.92 Å². The van der Waals surface area contributed by atoms with Crippen LogP contribution in [0.25, 0.3) is 0 Å². The summed E-state index contributed by atoms with van der Waals surface area (Å²) in [5, 5.41) is 10.7. The zero-order valence-electron chi connectivity index (χ0n) is 13.4. The van der Waals surface area contributed by atoms with Crippen LogP contribution in [-0.2, 0) is 11.2 Å². The minimum atomic E-state index is -0.536. The van der Waals surface area contributed by atoms with Gasteiger partial charge < -0.3 is 14.7 Å². The van der Waals surface area contributed by atoms with Crippen LogP contribution in [0.5, 0.6) is 0 Å². The van der Waals surface area contributed by atoms with E-state index >= 15 is 0 Å². The number of piperidine rings is 1. The number of hydrogen-bond donors (Lipinski definition) is 1. The first-order valence-electron chi connectivity index (χ1n) is 8.11. The summed E-state index contributed by atoms with van der Waals surface area (Å²) < 4.78 is 5.13. The molecule has 0 amide bonds. The molecule has 2 rings (SSSR count). The molecule has 0 radical (unpaired) electrons. The van der Waals surface area contributed by atoms with Crippen molar-refractivity contribution in [1.82, 2.24) is 4.90 Å². The van der Waals surface area contributed by atoms with E-state index in [2.05, 4.69) is 42.2 Å². The molecule has 1 saturated heterocycles. The Kier molecular flexibility index (Phi) is 6.22. The molecule has 0 spiro atoms. The van der Waals surface area contributed by atoms with Gasteiger partial charge in [0, 0.05) is 26.8 Å².